The summed E-state index contributed by atoms with van der Waals surface area (Å²) in [6.45, 7) is 1.62. The quantitative estimate of drug-likeness (QED) is 0.679. The van der Waals surface area contributed by atoms with Crippen LogP contribution in [0.2, 0.25) is 0 Å². The molecule has 7 heteroatoms. The molecule has 0 fully saturated rings. The summed E-state index contributed by atoms with van der Waals surface area (Å²) in [4.78, 5) is 11.3. The van der Waals surface area contributed by atoms with Crippen LogP contribution in [0.1, 0.15) is 18.1 Å². The smallest absolute Gasteiger partial charge is 0.419 e. The summed E-state index contributed by atoms with van der Waals surface area (Å²) in [6, 6.07) is 1.67. The number of rotatable bonds is 4. The van der Waals surface area contributed by atoms with Gasteiger partial charge in [0.15, 0.2) is 0 Å². The van der Waals surface area contributed by atoms with Crippen LogP contribution in [0.4, 0.5) is 17.6 Å². The standard InChI is InChI=1S/C12H13F4NO2/c1-2-19-11(18)9(17)6-7-4-3-5-8(13)10(7)12(14,15)16/h3-5,9H,2,6,17H2,1H3. The topological polar surface area (TPSA) is 52.3 Å². The van der Waals surface area contributed by atoms with E-state index in [1.165, 1.54) is 0 Å². The van der Waals surface area contributed by atoms with Crippen molar-refractivity contribution in [2.45, 2.75) is 25.6 Å². The number of alkyl halides is 3. The Morgan fingerprint density at radius 2 is 2.05 bits per heavy atom. The molecule has 0 aliphatic rings. The van der Waals surface area contributed by atoms with Crippen molar-refractivity contribution in [3.05, 3.63) is 35.1 Å². The number of benzene rings is 1. The van der Waals surface area contributed by atoms with E-state index >= 15 is 0 Å². The van der Waals surface area contributed by atoms with Gasteiger partial charge in [0.1, 0.15) is 11.9 Å². The lowest BCUT2D eigenvalue weighted by Crippen LogP contribution is -2.35. The van der Waals surface area contributed by atoms with Gasteiger partial charge in [-0.3, -0.25) is 4.79 Å². The summed E-state index contributed by atoms with van der Waals surface area (Å²) in [5.74, 6) is -2.21. The van der Waals surface area contributed by atoms with Gasteiger partial charge in [0.2, 0.25) is 0 Å². The van der Waals surface area contributed by atoms with Crippen LogP contribution in [-0.2, 0) is 22.1 Å². The maximum absolute atomic E-state index is 13.3. The lowest BCUT2D eigenvalue weighted by Gasteiger charge is -2.16. The SMILES string of the molecule is CCOC(=O)C(N)Cc1cccc(F)c1C(F)(F)F. The van der Waals surface area contributed by atoms with Crippen LogP contribution in [0.25, 0.3) is 0 Å². The first-order chi connectivity index (χ1) is 8.77. The molecule has 0 spiro atoms. The molecule has 2 N–H and O–H groups in total. The first-order valence-corrected chi connectivity index (χ1v) is 5.54. The van der Waals surface area contributed by atoms with Crippen LogP contribution in [0.5, 0.6) is 0 Å². The molecule has 3 nitrogen and oxygen atoms in total. The van der Waals surface area contributed by atoms with Crippen LogP contribution in [0.15, 0.2) is 18.2 Å². The van der Waals surface area contributed by atoms with Crippen LogP contribution in [-0.4, -0.2) is 18.6 Å². The number of hydrogen-bond donors (Lipinski definition) is 1. The van der Waals surface area contributed by atoms with Gasteiger partial charge in [-0.15, -0.1) is 0 Å². The van der Waals surface area contributed by atoms with Crippen LogP contribution >= 0.6 is 0 Å². The molecule has 1 aromatic carbocycles. The average Bonchev–Trinajstić information content (AvgIpc) is 2.27. The summed E-state index contributed by atoms with van der Waals surface area (Å²) < 4.78 is 56.0. The fourth-order valence-corrected chi connectivity index (χ4v) is 1.63. The number of nitrogens with two attached hydrogens (primary N) is 1. The molecule has 0 radical (unpaired) electrons. The van der Waals surface area contributed by atoms with Gasteiger partial charge >= 0.3 is 12.1 Å². The Hall–Kier alpha value is -1.63. The third-order valence-electron chi connectivity index (χ3n) is 2.41. The van der Waals surface area contributed by atoms with Crippen molar-refractivity contribution >= 4 is 5.97 Å². The normalized spacial score (nSPS) is 13.2. The van der Waals surface area contributed by atoms with Gasteiger partial charge in [-0.1, -0.05) is 12.1 Å². The molecule has 0 saturated carbocycles. The third-order valence-corrected chi connectivity index (χ3v) is 2.41. The molecule has 106 valence electrons. The number of carbonyl (C=O) groups excluding carboxylic acids is 1. The molecule has 1 rings (SSSR count). The van der Waals surface area contributed by atoms with E-state index in [1.54, 1.807) is 6.92 Å². The minimum absolute atomic E-state index is 0.0712. The second-order valence-electron chi connectivity index (χ2n) is 3.83. The highest BCUT2D eigenvalue weighted by Crippen LogP contribution is 2.34. The number of hydrogen-bond acceptors (Lipinski definition) is 3. The predicted molar refractivity (Wildman–Crippen MR) is 59.7 cm³/mol. The maximum Gasteiger partial charge on any atom is 0.419 e. The Balaban J connectivity index is 3.02. The average molecular weight is 279 g/mol. The van der Waals surface area contributed by atoms with E-state index in [1.807, 2.05) is 0 Å². The molecule has 0 heterocycles. The summed E-state index contributed by atoms with van der Waals surface area (Å²) in [5, 5.41) is 0. The minimum atomic E-state index is -4.84. The fraction of sp³-hybridized carbons (Fsp3) is 0.417. The van der Waals surface area contributed by atoms with Gasteiger partial charge in [-0.25, -0.2) is 4.39 Å². The Kier molecular flexibility index (Phi) is 4.88. The van der Waals surface area contributed by atoms with Gasteiger partial charge < -0.3 is 10.5 Å². The molecule has 0 aliphatic heterocycles. The summed E-state index contributed by atoms with van der Waals surface area (Å²) in [7, 11) is 0. The lowest BCUT2D eigenvalue weighted by atomic mass is 9.99. The fourth-order valence-electron chi connectivity index (χ4n) is 1.63. The predicted octanol–water partition coefficient (Wildman–Crippen LogP) is 2.28. The zero-order valence-corrected chi connectivity index (χ0v) is 10.1. The Morgan fingerprint density at radius 1 is 1.42 bits per heavy atom. The zero-order valence-electron chi connectivity index (χ0n) is 10.1. The van der Waals surface area contributed by atoms with Crippen molar-refractivity contribution in [2.75, 3.05) is 6.61 Å². The van der Waals surface area contributed by atoms with Gasteiger partial charge in [0.05, 0.1) is 12.2 Å². The van der Waals surface area contributed by atoms with Crippen LogP contribution in [0.3, 0.4) is 0 Å². The van der Waals surface area contributed by atoms with Crippen molar-refractivity contribution in [1.29, 1.82) is 0 Å². The Labute approximate surface area is 107 Å². The molecule has 0 amide bonds. The van der Waals surface area contributed by atoms with E-state index in [2.05, 4.69) is 4.74 Å². The van der Waals surface area contributed by atoms with Crippen LogP contribution < -0.4 is 5.73 Å². The molecule has 19 heavy (non-hydrogen) atoms. The van der Waals surface area contributed by atoms with Crippen molar-refractivity contribution in [2.24, 2.45) is 5.73 Å². The molecule has 1 aromatic rings. The minimum Gasteiger partial charge on any atom is -0.465 e. The second kappa shape index (κ2) is 6.01. The number of esters is 1. The molecular weight excluding hydrogens is 266 g/mol. The molecule has 0 aliphatic carbocycles. The molecular formula is C12H13F4NO2. The van der Waals surface area contributed by atoms with Crippen molar-refractivity contribution in [3.63, 3.8) is 0 Å². The van der Waals surface area contributed by atoms with E-state index in [0.717, 1.165) is 12.1 Å². The number of halogens is 4. The monoisotopic (exact) mass is 279 g/mol. The van der Waals surface area contributed by atoms with E-state index in [4.69, 9.17) is 5.73 Å². The van der Waals surface area contributed by atoms with E-state index in [0.29, 0.717) is 6.07 Å². The Bertz CT molecular complexity index is 460. The first kappa shape index (κ1) is 15.4. The summed E-state index contributed by atoms with van der Waals surface area (Å²) in [5.41, 5.74) is 3.67. The third kappa shape index (κ3) is 3.92. The Morgan fingerprint density at radius 3 is 2.58 bits per heavy atom. The van der Waals surface area contributed by atoms with Crippen molar-refractivity contribution < 1.29 is 27.1 Å². The molecule has 0 bridgehead atoms. The second-order valence-corrected chi connectivity index (χ2v) is 3.83. The van der Waals surface area contributed by atoms with Gasteiger partial charge in [-0.05, 0) is 25.0 Å². The van der Waals surface area contributed by atoms with Gasteiger partial charge in [0, 0.05) is 0 Å². The highest BCUT2D eigenvalue weighted by molar-refractivity contribution is 5.76. The van der Waals surface area contributed by atoms with Crippen molar-refractivity contribution in [1.82, 2.24) is 0 Å². The van der Waals surface area contributed by atoms with Crippen molar-refractivity contribution in [3.8, 4) is 0 Å². The largest absolute Gasteiger partial charge is 0.465 e. The number of carbonyl (C=O) groups is 1. The van der Waals surface area contributed by atoms with E-state index < -0.39 is 36.0 Å². The lowest BCUT2D eigenvalue weighted by molar-refractivity contribution is -0.145. The molecule has 1 unspecified atom stereocenters. The highest BCUT2D eigenvalue weighted by Gasteiger charge is 2.37. The highest BCUT2D eigenvalue weighted by atomic mass is 19.4. The van der Waals surface area contributed by atoms with Crippen LogP contribution in [0, 0.1) is 5.82 Å². The van der Waals surface area contributed by atoms with Gasteiger partial charge in [-0.2, -0.15) is 13.2 Å². The maximum atomic E-state index is 13.3. The summed E-state index contributed by atoms with van der Waals surface area (Å²) >= 11 is 0. The van der Waals surface area contributed by atoms with E-state index in [9.17, 15) is 22.4 Å². The number of ether oxygens (including phenoxy) is 1. The first-order valence-electron chi connectivity index (χ1n) is 5.54. The molecule has 0 aromatic heterocycles. The molecule has 1 atom stereocenters. The summed E-state index contributed by atoms with van der Waals surface area (Å²) in [6.07, 6.45) is -5.28. The zero-order chi connectivity index (χ0) is 14.6. The van der Waals surface area contributed by atoms with E-state index in [-0.39, 0.29) is 12.2 Å². The van der Waals surface area contributed by atoms with Gasteiger partial charge in [0.25, 0.3) is 0 Å². The molecule has 0 saturated heterocycles.